The lowest BCUT2D eigenvalue weighted by Crippen LogP contribution is -2.06. The standard InChI is InChI=1S/C12H16F3NS2/c1-2-17-9-5-8-16-10-6-3-4-7-11(10)18-12(13,14)15/h3-4,6-7,16H,2,5,8-9H2,1H3. The number of alkyl halides is 3. The summed E-state index contributed by atoms with van der Waals surface area (Å²) in [5.41, 5.74) is -3.68. The van der Waals surface area contributed by atoms with Gasteiger partial charge < -0.3 is 5.32 Å². The van der Waals surface area contributed by atoms with Crippen molar-refractivity contribution in [3.63, 3.8) is 0 Å². The van der Waals surface area contributed by atoms with Crippen LogP contribution in [0.2, 0.25) is 0 Å². The van der Waals surface area contributed by atoms with E-state index in [0.29, 0.717) is 12.2 Å². The van der Waals surface area contributed by atoms with Crippen LogP contribution in [-0.2, 0) is 0 Å². The van der Waals surface area contributed by atoms with Gasteiger partial charge in [-0.15, -0.1) is 0 Å². The van der Waals surface area contributed by atoms with Gasteiger partial charge in [0.2, 0.25) is 0 Å². The number of hydrogen-bond acceptors (Lipinski definition) is 3. The highest BCUT2D eigenvalue weighted by molar-refractivity contribution is 8.00. The van der Waals surface area contributed by atoms with Crippen LogP contribution in [0.1, 0.15) is 13.3 Å². The van der Waals surface area contributed by atoms with Crippen molar-refractivity contribution < 1.29 is 13.2 Å². The average molecular weight is 295 g/mol. The van der Waals surface area contributed by atoms with E-state index in [1.807, 2.05) is 11.8 Å². The Labute approximate surface area is 114 Å². The Hall–Kier alpha value is -0.490. The molecular formula is C12H16F3NS2. The number of thioether (sulfide) groups is 2. The molecule has 0 aliphatic carbocycles. The predicted molar refractivity (Wildman–Crippen MR) is 74.5 cm³/mol. The van der Waals surface area contributed by atoms with Crippen LogP contribution in [0.25, 0.3) is 0 Å². The third-order valence-electron chi connectivity index (χ3n) is 2.10. The van der Waals surface area contributed by atoms with E-state index in [1.165, 1.54) is 6.07 Å². The molecule has 0 aliphatic rings. The smallest absolute Gasteiger partial charge is 0.384 e. The van der Waals surface area contributed by atoms with Gasteiger partial charge in [0.05, 0.1) is 0 Å². The molecule has 1 aromatic carbocycles. The highest BCUT2D eigenvalue weighted by Crippen LogP contribution is 2.40. The van der Waals surface area contributed by atoms with Crippen molar-refractivity contribution in [2.24, 2.45) is 0 Å². The molecule has 1 N–H and O–H groups in total. The summed E-state index contributed by atoms with van der Waals surface area (Å²) < 4.78 is 37.0. The largest absolute Gasteiger partial charge is 0.446 e. The molecule has 102 valence electrons. The highest BCUT2D eigenvalue weighted by Gasteiger charge is 2.30. The van der Waals surface area contributed by atoms with Gasteiger partial charge in [0.15, 0.2) is 0 Å². The van der Waals surface area contributed by atoms with Gasteiger partial charge in [-0.05, 0) is 41.8 Å². The summed E-state index contributed by atoms with van der Waals surface area (Å²) in [5, 5.41) is 3.06. The number of rotatable bonds is 7. The maximum absolute atomic E-state index is 12.3. The second-order valence-electron chi connectivity index (χ2n) is 3.52. The van der Waals surface area contributed by atoms with E-state index in [2.05, 4.69) is 12.2 Å². The Morgan fingerprint density at radius 3 is 2.61 bits per heavy atom. The average Bonchev–Trinajstić information content (AvgIpc) is 2.29. The summed E-state index contributed by atoms with van der Waals surface area (Å²) in [7, 11) is 0. The van der Waals surface area contributed by atoms with Crippen molar-refractivity contribution in [3.05, 3.63) is 24.3 Å². The molecule has 0 bridgehead atoms. The van der Waals surface area contributed by atoms with Gasteiger partial charge in [0.1, 0.15) is 0 Å². The van der Waals surface area contributed by atoms with Gasteiger partial charge >= 0.3 is 5.51 Å². The Morgan fingerprint density at radius 2 is 1.94 bits per heavy atom. The zero-order chi connectivity index (χ0) is 13.4. The van der Waals surface area contributed by atoms with E-state index < -0.39 is 5.51 Å². The molecule has 1 aromatic rings. The fraction of sp³-hybridized carbons (Fsp3) is 0.500. The minimum atomic E-state index is -4.24. The van der Waals surface area contributed by atoms with Crippen LogP contribution in [0.5, 0.6) is 0 Å². The summed E-state index contributed by atoms with van der Waals surface area (Å²) in [6.45, 7) is 2.79. The van der Waals surface area contributed by atoms with Gasteiger partial charge in [0, 0.05) is 17.1 Å². The van der Waals surface area contributed by atoms with E-state index in [0.717, 1.165) is 17.9 Å². The van der Waals surface area contributed by atoms with Crippen LogP contribution < -0.4 is 5.32 Å². The van der Waals surface area contributed by atoms with E-state index in [-0.39, 0.29) is 16.7 Å². The first kappa shape index (κ1) is 15.6. The number of para-hydroxylation sites is 1. The molecule has 1 rings (SSSR count). The van der Waals surface area contributed by atoms with Crippen LogP contribution in [0, 0.1) is 0 Å². The van der Waals surface area contributed by atoms with Gasteiger partial charge in [0.25, 0.3) is 0 Å². The minimum Gasteiger partial charge on any atom is -0.384 e. The van der Waals surface area contributed by atoms with E-state index >= 15 is 0 Å². The molecule has 0 saturated heterocycles. The van der Waals surface area contributed by atoms with Crippen molar-refractivity contribution in [2.75, 3.05) is 23.4 Å². The molecule has 0 radical (unpaired) electrons. The van der Waals surface area contributed by atoms with E-state index in [9.17, 15) is 13.2 Å². The summed E-state index contributed by atoms with van der Waals surface area (Å²) in [6.07, 6.45) is 0.948. The second-order valence-corrected chi connectivity index (χ2v) is 6.02. The topological polar surface area (TPSA) is 12.0 Å². The quantitative estimate of drug-likeness (QED) is 0.570. The third-order valence-corrected chi connectivity index (χ3v) is 3.89. The number of hydrogen-bond donors (Lipinski definition) is 1. The molecule has 0 atom stereocenters. The lowest BCUT2D eigenvalue weighted by atomic mass is 10.3. The molecule has 0 spiro atoms. The highest BCUT2D eigenvalue weighted by atomic mass is 32.2. The molecule has 0 fully saturated rings. The zero-order valence-corrected chi connectivity index (χ0v) is 11.7. The van der Waals surface area contributed by atoms with Crippen molar-refractivity contribution in [3.8, 4) is 0 Å². The number of benzene rings is 1. The first-order valence-corrected chi connectivity index (χ1v) is 7.66. The van der Waals surface area contributed by atoms with E-state index in [1.54, 1.807) is 18.2 Å². The Bertz CT molecular complexity index is 355. The first-order chi connectivity index (χ1) is 8.53. The summed E-state index contributed by atoms with van der Waals surface area (Å²) in [5.74, 6) is 2.10. The minimum absolute atomic E-state index is 0.0720. The molecule has 6 heteroatoms. The number of halogens is 3. The molecule has 0 aliphatic heterocycles. The SMILES string of the molecule is CCSCCCNc1ccccc1SC(F)(F)F. The molecule has 18 heavy (non-hydrogen) atoms. The van der Waals surface area contributed by atoms with Crippen LogP contribution >= 0.6 is 23.5 Å². The molecular weight excluding hydrogens is 279 g/mol. The van der Waals surface area contributed by atoms with Crippen LogP contribution in [0.15, 0.2) is 29.2 Å². The summed E-state index contributed by atoms with van der Waals surface area (Å²) >= 11 is 1.76. The zero-order valence-electron chi connectivity index (χ0n) is 10.1. The van der Waals surface area contributed by atoms with Crippen LogP contribution in [0.4, 0.5) is 18.9 Å². The molecule has 0 aromatic heterocycles. The molecule has 0 unspecified atom stereocenters. The predicted octanol–water partition coefficient (Wildman–Crippen LogP) is 4.85. The van der Waals surface area contributed by atoms with Gasteiger partial charge in [-0.1, -0.05) is 19.1 Å². The molecule has 0 heterocycles. The lowest BCUT2D eigenvalue weighted by Gasteiger charge is -2.12. The monoisotopic (exact) mass is 295 g/mol. The normalized spacial score (nSPS) is 11.6. The number of anilines is 1. The van der Waals surface area contributed by atoms with Gasteiger partial charge in [-0.2, -0.15) is 24.9 Å². The van der Waals surface area contributed by atoms with Gasteiger partial charge in [-0.25, -0.2) is 0 Å². The first-order valence-electron chi connectivity index (χ1n) is 5.69. The summed E-state index contributed by atoms with van der Waals surface area (Å²) in [4.78, 5) is 0.230. The fourth-order valence-corrected chi connectivity index (χ4v) is 2.65. The Kier molecular flexibility index (Phi) is 6.78. The molecule has 0 saturated carbocycles. The Morgan fingerprint density at radius 1 is 1.22 bits per heavy atom. The molecule has 0 amide bonds. The van der Waals surface area contributed by atoms with E-state index in [4.69, 9.17) is 0 Å². The van der Waals surface area contributed by atoms with Gasteiger partial charge in [-0.3, -0.25) is 0 Å². The molecule has 1 nitrogen and oxygen atoms in total. The van der Waals surface area contributed by atoms with Crippen molar-refractivity contribution >= 4 is 29.2 Å². The Balaban J connectivity index is 2.49. The number of nitrogens with one attached hydrogen (secondary N) is 1. The van der Waals surface area contributed by atoms with Crippen LogP contribution in [0.3, 0.4) is 0 Å². The van der Waals surface area contributed by atoms with Crippen molar-refractivity contribution in [1.82, 2.24) is 0 Å². The fourth-order valence-electron chi connectivity index (χ4n) is 1.37. The lowest BCUT2D eigenvalue weighted by molar-refractivity contribution is -0.0327. The second kappa shape index (κ2) is 7.84. The van der Waals surface area contributed by atoms with Crippen molar-refractivity contribution in [1.29, 1.82) is 0 Å². The van der Waals surface area contributed by atoms with Crippen molar-refractivity contribution in [2.45, 2.75) is 23.7 Å². The third kappa shape index (κ3) is 6.44. The van der Waals surface area contributed by atoms with Crippen LogP contribution in [-0.4, -0.2) is 23.6 Å². The maximum atomic E-state index is 12.3. The summed E-state index contributed by atoms with van der Waals surface area (Å²) in [6, 6.07) is 6.53. The maximum Gasteiger partial charge on any atom is 0.446 e.